The number of nitrogens with zero attached hydrogens (tertiary/aromatic N) is 1. The Bertz CT molecular complexity index is 1110. The predicted octanol–water partition coefficient (Wildman–Crippen LogP) is 7.69. The maximum absolute atomic E-state index is 6.26. The van der Waals surface area contributed by atoms with Crippen molar-refractivity contribution >= 4 is 33.0 Å². The van der Waals surface area contributed by atoms with Gasteiger partial charge in [0, 0.05) is 10.2 Å². The first-order valence-corrected chi connectivity index (χ1v) is 9.61. The van der Waals surface area contributed by atoms with E-state index in [0.717, 1.165) is 44.2 Å². The molecular formula is C24H16BrNO. The highest BCUT2D eigenvalue weighted by atomic mass is 79.9. The molecule has 3 heteroatoms. The van der Waals surface area contributed by atoms with Crippen LogP contribution in [0.1, 0.15) is 0 Å². The van der Waals surface area contributed by atoms with E-state index >= 15 is 0 Å². The lowest BCUT2D eigenvalue weighted by Crippen LogP contribution is -2.15. The standard InChI is InChI=1S/C24H16BrNO/c25-19-13-10-17(11-14-19)18-12-15-22-24(16-18)27-23-9-5-4-8-21(23)26(22)20-6-2-1-3-7-20/h1-16H. The van der Waals surface area contributed by atoms with Crippen molar-refractivity contribution < 1.29 is 4.74 Å². The molecule has 0 amide bonds. The molecule has 0 unspecified atom stereocenters. The molecule has 0 fully saturated rings. The normalized spacial score (nSPS) is 12.1. The van der Waals surface area contributed by atoms with Crippen LogP contribution in [0.3, 0.4) is 0 Å². The molecule has 0 spiro atoms. The van der Waals surface area contributed by atoms with Gasteiger partial charge in [0.15, 0.2) is 11.5 Å². The number of anilines is 3. The summed E-state index contributed by atoms with van der Waals surface area (Å²) in [6.45, 7) is 0. The zero-order valence-corrected chi connectivity index (χ0v) is 16.1. The number of fused-ring (bicyclic) bond motifs is 2. The Morgan fingerprint density at radius 2 is 1.26 bits per heavy atom. The monoisotopic (exact) mass is 413 g/mol. The van der Waals surface area contributed by atoms with Crippen LogP contribution in [-0.4, -0.2) is 0 Å². The highest BCUT2D eigenvalue weighted by Crippen LogP contribution is 2.51. The highest BCUT2D eigenvalue weighted by molar-refractivity contribution is 9.10. The van der Waals surface area contributed by atoms with Crippen molar-refractivity contribution in [3.05, 3.63) is 102 Å². The molecule has 1 heterocycles. The number of hydrogen-bond acceptors (Lipinski definition) is 2. The molecule has 0 saturated heterocycles. The summed E-state index contributed by atoms with van der Waals surface area (Å²) in [7, 11) is 0. The maximum Gasteiger partial charge on any atom is 0.152 e. The van der Waals surface area contributed by atoms with Crippen molar-refractivity contribution in [2.24, 2.45) is 0 Å². The molecule has 1 aliphatic heterocycles. The summed E-state index contributed by atoms with van der Waals surface area (Å²) in [4.78, 5) is 2.25. The Labute approximate surface area is 166 Å². The molecule has 0 aliphatic carbocycles. The van der Waals surface area contributed by atoms with E-state index in [1.165, 1.54) is 0 Å². The van der Waals surface area contributed by atoms with Crippen LogP contribution in [0, 0.1) is 0 Å². The van der Waals surface area contributed by atoms with E-state index in [2.05, 4.69) is 93.6 Å². The molecule has 27 heavy (non-hydrogen) atoms. The van der Waals surface area contributed by atoms with Gasteiger partial charge in [-0.1, -0.05) is 64.5 Å². The first-order chi connectivity index (χ1) is 13.3. The van der Waals surface area contributed by atoms with Crippen molar-refractivity contribution in [1.82, 2.24) is 0 Å². The van der Waals surface area contributed by atoms with Crippen LogP contribution in [0.2, 0.25) is 0 Å². The summed E-state index contributed by atoms with van der Waals surface area (Å²) in [5.41, 5.74) is 5.50. The van der Waals surface area contributed by atoms with Gasteiger partial charge in [-0.15, -0.1) is 0 Å². The Kier molecular flexibility index (Phi) is 3.95. The molecule has 2 nitrogen and oxygen atoms in total. The first kappa shape index (κ1) is 16.2. The fourth-order valence-corrected chi connectivity index (χ4v) is 3.70. The second-order valence-electron chi connectivity index (χ2n) is 6.43. The molecule has 0 radical (unpaired) electrons. The number of halogens is 1. The molecule has 1 aliphatic rings. The van der Waals surface area contributed by atoms with Crippen LogP contribution in [0.25, 0.3) is 11.1 Å². The number of hydrogen-bond donors (Lipinski definition) is 0. The molecular weight excluding hydrogens is 398 g/mol. The third kappa shape index (κ3) is 2.90. The summed E-state index contributed by atoms with van der Waals surface area (Å²) in [5, 5.41) is 0. The lowest BCUT2D eigenvalue weighted by atomic mass is 10.0. The van der Waals surface area contributed by atoms with Crippen molar-refractivity contribution in [2.45, 2.75) is 0 Å². The van der Waals surface area contributed by atoms with Crippen molar-refractivity contribution in [3.8, 4) is 22.6 Å². The minimum atomic E-state index is 0.859. The van der Waals surface area contributed by atoms with Crippen LogP contribution >= 0.6 is 15.9 Å². The first-order valence-electron chi connectivity index (χ1n) is 8.82. The SMILES string of the molecule is Brc1ccc(-c2ccc3c(c2)Oc2ccccc2N3c2ccccc2)cc1. The van der Waals surface area contributed by atoms with Crippen molar-refractivity contribution in [1.29, 1.82) is 0 Å². The molecule has 5 rings (SSSR count). The van der Waals surface area contributed by atoms with Crippen LogP contribution < -0.4 is 9.64 Å². The molecule has 0 atom stereocenters. The Morgan fingerprint density at radius 1 is 0.593 bits per heavy atom. The second kappa shape index (κ2) is 6.60. The molecule has 130 valence electrons. The van der Waals surface area contributed by atoms with Gasteiger partial charge in [-0.25, -0.2) is 0 Å². The van der Waals surface area contributed by atoms with Crippen molar-refractivity contribution in [2.75, 3.05) is 4.90 Å². The zero-order valence-electron chi connectivity index (χ0n) is 14.5. The average molecular weight is 414 g/mol. The van der Waals surface area contributed by atoms with Crippen LogP contribution in [0.5, 0.6) is 11.5 Å². The fourth-order valence-electron chi connectivity index (χ4n) is 3.43. The number of para-hydroxylation sites is 3. The molecule has 4 aromatic rings. The van der Waals surface area contributed by atoms with Gasteiger partial charge in [0.25, 0.3) is 0 Å². The molecule has 0 bridgehead atoms. The molecule has 4 aromatic carbocycles. The van der Waals surface area contributed by atoms with Gasteiger partial charge in [0.05, 0.1) is 11.4 Å². The summed E-state index contributed by atoms with van der Waals surface area (Å²) >= 11 is 3.50. The maximum atomic E-state index is 6.26. The molecule has 0 N–H and O–H groups in total. The zero-order chi connectivity index (χ0) is 18.2. The quantitative estimate of drug-likeness (QED) is 0.294. The third-order valence-corrected chi connectivity index (χ3v) is 5.25. The Morgan fingerprint density at radius 3 is 2.07 bits per heavy atom. The van der Waals surface area contributed by atoms with Gasteiger partial charge in [0.1, 0.15) is 0 Å². The van der Waals surface area contributed by atoms with E-state index in [9.17, 15) is 0 Å². The topological polar surface area (TPSA) is 12.5 Å². The van der Waals surface area contributed by atoms with E-state index in [4.69, 9.17) is 4.74 Å². The van der Waals surface area contributed by atoms with Gasteiger partial charge in [-0.2, -0.15) is 0 Å². The summed E-state index contributed by atoms with van der Waals surface area (Å²) < 4.78 is 7.34. The minimum Gasteiger partial charge on any atom is -0.453 e. The van der Waals surface area contributed by atoms with Crippen LogP contribution in [0.4, 0.5) is 17.1 Å². The average Bonchev–Trinajstić information content (AvgIpc) is 2.73. The van der Waals surface area contributed by atoms with Gasteiger partial charge >= 0.3 is 0 Å². The van der Waals surface area contributed by atoms with Crippen LogP contribution in [-0.2, 0) is 0 Å². The molecule has 0 saturated carbocycles. The Balaban J connectivity index is 1.66. The van der Waals surface area contributed by atoms with E-state index in [0.29, 0.717) is 0 Å². The van der Waals surface area contributed by atoms with Crippen molar-refractivity contribution in [3.63, 3.8) is 0 Å². The highest BCUT2D eigenvalue weighted by Gasteiger charge is 2.25. The van der Waals surface area contributed by atoms with Gasteiger partial charge in [-0.3, -0.25) is 0 Å². The van der Waals surface area contributed by atoms with E-state index < -0.39 is 0 Å². The number of rotatable bonds is 2. The molecule has 0 aromatic heterocycles. The second-order valence-corrected chi connectivity index (χ2v) is 7.35. The van der Waals surface area contributed by atoms with Gasteiger partial charge < -0.3 is 9.64 Å². The largest absolute Gasteiger partial charge is 0.453 e. The summed E-state index contributed by atoms with van der Waals surface area (Å²) in [6.07, 6.45) is 0. The Hall–Kier alpha value is -3.04. The fraction of sp³-hybridized carbons (Fsp3) is 0. The number of benzene rings is 4. The van der Waals surface area contributed by atoms with Gasteiger partial charge in [-0.05, 0) is 59.7 Å². The van der Waals surface area contributed by atoms with Gasteiger partial charge in [0.2, 0.25) is 0 Å². The number of ether oxygens (including phenoxy) is 1. The summed E-state index contributed by atoms with van der Waals surface area (Å²) in [6, 6.07) is 33.3. The smallest absolute Gasteiger partial charge is 0.152 e. The third-order valence-electron chi connectivity index (χ3n) is 4.72. The van der Waals surface area contributed by atoms with Crippen LogP contribution in [0.15, 0.2) is 102 Å². The van der Waals surface area contributed by atoms with E-state index in [1.54, 1.807) is 0 Å². The summed E-state index contributed by atoms with van der Waals surface area (Å²) in [5.74, 6) is 1.72. The predicted molar refractivity (Wildman–Crippen MR) is 114 cm³/mol. The lowest BCUT2D eigenvalue weighted by molar-refractivity contribution is 0.477. The minimum absolute atomic E-state index is 0.859. The van der Waals surface area contributed by atoms with E-state index in [-0.39, 0.29) is 0 Å². The van der Waals surface area contributed by atoms with E-state index in [1.807, 2.05) is 24.3 Å². The lowest BCUT2D eigenvalue weighted by Gasteiger charge is -2.33.